The first kappa shape index (κ1) is 31.9. The molecule has 3 aromatic rings. The summed E-state index contributed by atoms with van der Waals surface area (Å²) in [6.07, 6.45) is -16.8. The van der Waals surface area contributed by atoms with Crippen LogP contribution in [0.1, 0.15) is 0 Å². The summed E-state index contributed by atoms with van der Waals surface area (Å²) in [7, 11) is 1.34. The third kappa shape index (κ3) is 5.92. The van der Waals surface area contributed by atoms with E-state index in [1.165, 1.54) is 31.4 Å². The fraction of sp³-hybridized carbons (Fsp3) is 0.464. The Kier molecular flexibility index (Phi) is 9.28. The maximum atomic E-state index is 12.9. The first-order valence-corrected chi connectivity index (χ1v) is 13.4. The smallest absolute Gasteiger partial charge is 0.229 e. The van der Waals surface area contributed by atoms with Gasteiger partial charge in [0.2, 0.25) is 6.29 Å². The number of aliphatic hydroxyl groups excluding tert-OH is 7. The fourth-order valence-corrected chi connectivity index (χ4v) is 5.05. The van der Waals surface area contributed by atoms with Gasteiger partial charge in [-0.3, -0.25) is 4.79 Å². The highest BCUT2D eigenvalue weighted by molar-refractivity contribution is 5.86. The van der Waals surface area contributed by atoms with Crippen molar-refractivity contribution in [3.05, 3.63) is 46.6 Å². The molecule has 2 aliphatic rings. The molecule has 10 atom stereocenters. The Balaban J connectivity index is 1.48. The topological polar surface area (TPSA) is 258 Å². The zero-order valence-corrected chi connectivity index (χ0v) is 23.0. The van der Waals surface area contributed by atoms with Crippen LogP contribution in [0.5, 0.6) is 23.0 Å². The van der Waals surface area contributed by atoms with E-state index in [2.05, 4.69) is 0 Å². The number of benzene rings is 2. The lowest BCUT2D eigenvalue weighted by molar-refractivity contribution is -0.357. The summed E-state index contributed by atoms with van der Waals surface area (Å²) in [6.45, 7) is -1.52. The molecule has 2 aromatic carbocycles. The van der Waals surface area contributed by atoms with Gasteiger partial charge in [0.15, 0.2) is 29.3 Å². The number of ether oxygens (including phenoxy) is 5. The van der Waals surface area contributed by atoms with Crippen LogP contribution in [0.15, 0.2) is 45.6 Å². The summed E-state index contributed by atoms with van der Waals surface area (Å²) >= 11 is 0. The van der Waals surface area contributed by atoms with Crippen molar-refractivity contribution < 1.29 is 74.1 Å². The molecule has 10 unspecified atom stereocenters. The Morgan fingerprint density at radius 3 is 2.09 bits per heavy atom. The van der Waals surface area contributed by atoms with Gasteiger partial charge in [0, 0.05) is 23.8 Å². The largest absolute Gasteiger partial charge is 0.507 e. The summed E-state index contributed by atoms with van der Waals surface area (Å²) in [5.74, 6) is -0.721. The Labute approximate surface area is 248 Å². The van der Waals surface area contributed by atoms with Crippen molar-refractivity contribution in [2.24, 2.45) is 0 Å². The normalized spacial score (nSPS) is 32.5. The van der Waals surface area contributed by atoms with E-state index in [9.17, 15) is 50.8 Å². The van der Waals surface area contributed by atoms with Crippen LogP contribution >= 0.6 is 0 Å². The molecule has 0 aliphatic carbocycles. The van der Waals surface area contributed by atoms with E-state index in [1.807, 2.05) is 0 Å². The molecule has 3 heterocycles. The number of hydrogen-bond acceptors (Lipinski definition) is 16. The number of fused-ring (bicyclic) bond motifs is 1. The monoisotopic (exact) mass is 624 g/mol. The van der Waals surface area contributed by atoms with Crippen molar-refractivity contribution >= 4 is 11.0 Å². The number of hydrogen-bond donors (Lipinski definition) is 9. The number of rotatable bonds is 8. The molecule has 5 rings (SSSR count). The number of aliphatic hydroxyl groups is 7. The number of phenols is 2. The van der Waals surface area contributed by atoms with Gasteiger partial charge in [0.1, 0.15) is 71.0 Å². The van der Waals surface area contributed by atoms with Crippen molar-refractivity contribution in [2.45, 2.75) is 61.4 Å². The van der Waals surface area contributed by atoms with Crippen molar-refractivity contribution in [1.29, 1.82) is 0 Å². The van der Waals surface area contributed by atoms with Crippen LogP contribution in [0.4, 0.5) is 0 Å². The molecule has 2 fully saturated rings. The molecular formula is C28H32O16. The van der Waals surface area contributed by atoms with Gasteiger partial charge in [-0.1, -0.05) is 0 Å². The second-order valence-electron chi connectivity index (χ2n) is 10.3. The average molecular weight is 625 g/mol. The summed E-state index contributed by atoms with van der Waals surface area (Å²) in [5.41, 5.74) is -0.402. The van der Waals surface area contributed by atoms with Gasteiger partial charge in [-0.15, -0.1) is 0 Å². The third-order valence-electron chi connectivity index (χ3n) is 7.46. The molecule has 0 radical (unpaired) electrons. The minimum Gasteiger partial charge on any atom is -0.507 e. The van der Waals surface area contributed by atoms with E-state index >= 15 is 0 Å². The van der Waals surface area contributed by atoms with Gasteiger partial charge in [0.25, 0.3) is 0 Å². The van der Waals surface area contributed by atoms with E-state index < -0.39 is 85.8 Å². The molecule has 9 N–H and O–H groups in total. The quantitative estimate of drug-likeness (QED) is 0.130. The molecular weight excluding hydrogens is 592 g/mol. The second-order valence-corrected chi connectivity index (χ2v) is 10.3. The molecule has 16 heteroatoms. The van der Waals surface area contributed by atoms with E-state index in [0.29, 0.717) is 5.56 Å². The van der Waals surface area contributed by atoms with Crippen molar-refractivity contribution in [2.75, 3.05) is 20.3 Å². The fourth-order valence-electron chi connectivity index (χ4n) is 5.05. The van der Waals surface area contributed by atoms with E-state index in [-0.39, 0.29) is 34.0 Å². The van der Waals surface area contributed by atoms with Gasteiger partial charge in [0.05, 0.1) is 20.3 Å². The van der Waals surface area contributed by atoms with Crippen molar-refractivity contribution in [3.63, 3.8) is 0 Å². The highest BCUT2D eigenvalue weighted by Crippen LogP contribution is 2.36. The number of methoxy groups -OCH3 is 1. The summed E-state index contributed by atoms with van der Waals surface area (Å²) in [6, 6.07) is 7.63. The molecule has 1 aromatic heterocycles. The Morgan fingerprint density at radius 1 is 0.773 bits per heavy atom. The molecule has 16 nitrogen and oxygen atoms in total. The Hall–Kier alpha value is -3.55. The highest BCUT2D eigenvalue weighted by atomic mass is 16.8. The maximum absolute atomic E-state index is 12.9. The van der Waals surface area contributed by atoms with Crippen molar-refractivity contribution in [3.8, 4) is 34.3 Å². The van der Waals surface area contributed by atoms with Crippen LogP contribution in [0.3, 0.4) is 0 Å². The molecule has 0 spiro atoms. The Morgan fingerprint density at radius 2 is 1.43 bits per heavy atom. The highest BCUT2D eigenvalue weighted by Gasteiger charge is 2.51. The number of aromatic hydroxyl groups is 2. The molecule has 0 saturated carbocycles. The van der Waals surface area contributed by atoms with Crippen LogP contribution in [0.25, 0.3) is 22.3 Å². The van der Waals surface area contributed by atoms with Crippen LogP contribution in [0, 0.1) is 0 Å². The molecule has 44 heavy (non-hydrogen) atoms. The van der Waals surface area contributed by atoms with E-state index in [1.54, 1.807) is 0 Å². The second kappa shape index (κ2) is 12.8. The standard InChI is InChI=1S/C28H32O16/c1-39-16-4-10(2-3-12(16)31)15-7-14(33)20-13(32)5-11(6-17(20)41-15)40-28-26(24(37)22(35)19(9-30)43-28)44-27-25(38)23(36)21(34)18(8-29)42-27/h2-7,18-19,21-32,34-38H,8-9H2,1H3. The minimum absolute atomic E-state index is 0.0500. The lowest BCUT2D eigenvalue weighted by Gasteiger charge is -2.45. The zero-order valence-electron chi connectivity index (χ0n) is 23.0. The Bertz CT molecular complexity index is 1520. The average Bonchev–Trinajstić information content (AvgIpc) is 3.00. The first-order valence-electron chi connectivity index (χ1n) is 13.4. The van der Waals surface area contributed by atoms with Gasteiger partial charge >= 0.3 is 0 Å². The zero-order chi connectivity index (χ0) is 31.9. The predicted octanol–water partition coefficient (Wildman–Crippen LogP) is -2.12. The van der Waals surface area contributed by atoms with Crippen LogP contribution in [-0.2, 0) is 14.2 Å². The summed E-state index contributed by atoms with van der Waals surface area (Å²) < 4.78 is 33.4. The van der Waals surface area contributed by atoms with Gasteiger partial charge < -0.3 is 74.1 Å². The van der Waals surface area contributed by atoms with Crippen LogP contribution < -0.4 is 14.9 Å². The van der Waals surface area contributed by atoms with Gasteiger partial charge in [-0.2, -0.15) is 0 Å². The lowest BCUT2D eigenvalue weighted by Crippen LogP contribution is -2.65. The molecule has 2 aliphatic heterocycles. The SMILES string of the molecule is COc1cc(-c2cc(=O)c3c(O)cc(OC4OC(CO)C(O)C(O)C4OC4OC(CO)C(O)C(O)C4O)cc3o2)ccc1O. The predicted molar refractivity (Wildman–Crippen MR) is 145 cm³/mol. The lowest BCUT2D eigenvalue weighted by atomic mass is 9.97. The summed E-state index contributed by atoms with van der Waals surface area (Å²) in [4.78, 5) is 12.9. The number of phenolic OH excluding ortho intramolecular Hbond substituents is 2. The molecule has 0 bridgehead atoms. The summed E-state index contributed by atoms with van der Waals surface area (Å²) in [5, 5.41) is 91.5. The first-order chi connectivity index (χ1) is 21.0. The van der Waals surface area contributed by atoms with Gasteiger partial charge in [-0.25, -0.2) is 0 Å². The minimum atomic E-state index is -1.87. The van der Waals surface area contributed by atoms with E-state index in [4.69, 9.17) is 28.1 Å². The molecule has 240 valence electrons. The van der Waals surface area contributed by atoms with Gasteiger partial charge in [-0.05, 0) is 18.2 Å². The third-order valence-corrected chi connectivity index (χ3v) is 7.46. The van der Waals surface area contributed by atoms with E-state index in [0.717, 1.165) is 12.1 Å². The van der Waals surface area contributed by atoms with Crippen molar-refractivity contribution in [1.82, 2.24) is 0 Å². The molecule has 0 amide bonds. The molecule has 2 saturated heterocycles. The maximum Gasteiger partial charge on any atom is 0.229 e. The van der Waals surface area contributed by atoms with Crippen LogP contribution in [0.2, 0.25) is 0 Å². The van der Waals surface area contributed by atoms with Crippen LogP contribution in [-0.4, -0.2) is 128 Å².